The number of likely N-dealkylation sites (tertiary alicyclic amines) is 1. The van der Waals surface area contributed by atoms with Crippen LogP contribution in [0.1, 0.15) is 36.7 Å². The summed E-state index contributed by atoms with van der Waals surface area (Å²) in [5.41, 5.74) is 3.18. The number of piperidine rings is 1. The van der Waals surface area contributed by atoms with Crippen LogP contribution >= 0.6 is 12.4 Å². The Bertz CT molecular complexity index is 1540. The van der Waals surface area contributed by atoms with Crippen molar-refractivity contribution in [1.29, 1.82) is 0 Å². The summed E-state index contributed by atoms with van der Waals surface area (Å²) in [6.45, 7) is 3.79. The van der Waals surface area contributed by atoms with Crippen molar-refractivity contribution in [2.45, 2.75) is 38.1 Å². The topological polar surface area (TPSA) is 118 Å². The molecule has 1 fully saturated rings. The maximum absolute atomic E-state index is 11.5. The molecule has 3 aromatic heterocycles. The quantitative estimate of drug-likeness (QED) is 0.277. The van der Waals surface area contributed by atoms with Crippen LogP contribution in [0.2, 0.25) is 0 Å². The molecule has 10 nitrogen and oxygen atoms in total. The van der Waals surface area contributed by atoms with Crippen LogP contribution in [0.15, 0.2) is 59.4 Å². The highest BCUT2D eigenvalue weighted by Gasteiger charge is 2.23. The summed E-state index contributed by atoms with van der Waals surface area (Å²) in [7, 11) is 0. The largest absolute Gasteiger partial charge is 0.494 e. The molecule has 1 saturated heterocycles. The van der Waals surface area contributed by atoms with E-state index in [1.54, 1.807) is 0 Å². The van der Waals surface area contributed by atoms with E-state index in [1.165, 1.54) is 5.56 Å². The standard InChI is InChI=1S/C27H30N8O2.ClH/c36-27-29-24-18-20-17-22(8-9-23(20)28-26(24)30-27)37-16-4-7-25-31-32-33-35(25)21-11-14-34(15-12-21)13-10-19-5-2-1-3-6-19;/h1-3,5-6,8-9,17-18,21H,4,7,10-16H2,(H2,28,29,30,36);1H. The van der Waals surface area contributed by atoms with E-state index in [1.807, 2.05) is 28.9 Å². The number of nitrogens with zero attached hydrogens (tertiary/aromatic N) is 6. The van der Waals surface area contributed by atoms with Crippen molar-refractivity contribution < 1.29 is 4.74 Å². The Balaban J connectivity index is 0.00000294. The van der Waals surface area contributed by atoms with Crippen LogP contribution in [-0.4, -0.2) is 66.3 Å². The maximum Gasteiger partial charge on any atom is 0.325 e. The zero-order chi connectivity index (χ0) is 25.0. The number of nitrogens with one attached hydrogen (secondary N) is 2. The lowest BCUT2D eigenvalue weighted by molar-refractivity contribution is 0.178. The number of benzene rings is 2. The number of rotatable bonds is 9. The Labute approximate surface area is 225 Å². The summed E-state index contributed by atoms with van der Waals surface area (Å²) in [5, 5.41) is 13.5. The van der Waals surface area contributed by atoms with Gasteiger partial charge < -0.3 is 14.6 Å². The summed E-state index contributed by atoms with van der Waals surface area (Å²) >= 11 is 0. The molecule has 11 heteroatoms. The zero-order valence-electron chi connectivity index (χ0n) is 21.0. The normalized spacial score (nSPS) is 14.6. The second kappa shape index (κ2) is 11.7. The van der Waals surface area contributed by atoms with E-state index in [9.17, 15) is 4.79 Å². The third kappa shape index (κ3) is 5.87. The third-order valence-electron chi connectivity index (χ3n) is 7.10. The molecule has 0 saturated carbocycles. The first-order valence-corrected chi connectivity index (χ1v) is 12.9. The number of ether oxygens (including phenoxy) is 1. The Morgan fingerprint density at radius 2 is 1.84 bits per heavy atom. The molecule has 198 valence electrons. The molecule has 0 unspecified atom stereocenters. The number of aryl methyl sites for hydroxylation is 1. The fourth-order valence-electron chi connectivity index (χ4n) is 5.10. The van der Waals surface area contributed by atoms with Crippen molar-refractivity contribution in [3.63, 3.8) is 0 Å². The average Bonchev–Trinajstić information content (AvgIpc) is 3.54. The number of aromatic amines is 2. The molecule has 2 aromatic carbocycles. The van der Waals surface area contributed by atoms with Crippen LogP contribution in [0.4, 0.5) is 0 Å². The molecule has 0 amide bonds. The van der Waals surface area contributed by atoms with E-state index in [-0.39, 0.29) is 18.1 Å². The number of fused-ring (bicyclic) bond motifs is 2. The number of H-pyrrole nitrogens is 2. The highest BCUT2D eigenvalue weighted by atomic mass is 35.5. The van der Waals surface area contributed by atoms with Gasteiger partial charge in [-0.2, -0.15) is 0 Å². The summed E-state index contributed by atoms with van der Waals surface area (Å²) in [4.78, 5) is 24.0. The van der Waals surface area contributed by atoms with E-state index < -0.39 is 0 Å². The number of aromatic nitrogens is 7. The molecular weight excluding hydrogens is 504 g/mol. The maximum atomic E-state index is 11.5. The van der Waals surface area contributed by atoms with Crippen LogP contribution in [0.5, 0.6) is 5.75 Å². The average molecular weight is 535 g/mol. The van der Waals surface area contributed by atoms with Gasteiger partial charge in [-0.1, -0.05) is 30.3 Å². The van der Waals surface area contributed by atoms with Gasteiger partial charge in [-0.3, -0.25) is 4.98 Å². The lowest BCUT2D eigenvalue weighted by atomic mass is 10.0. The van der Waals surface area contributed by atoms with Gasteiger partial charge >= 0.3 is 5.69 Å². The number of tetrazole rings is 1. The van der Waals surface area contributed by atoms with Crippen molar-refractivity contribution in [2.75, 3.05) is 26.2 Å². The minimum Gasteiger partial charge on any atom is -0.494 e. The van der Waals surface area contributed by atoms with Gasteiger partial charge in [0.25, 0.3) is 0 Å². The Morgan fingerprint density at radius 3 is 2.68 bits per heavy atom. The minimum atomic E-state index is -0.259. The first kappa shape index (κ1) is 25.9. The van der Waals surface area contributed by atoms with Crippen LogP contribution in [-0.2, 0) is 12.8 Å². The molecule has 1 aliphatic rings. The molecule has 38 heavy (non-hydrogen) atoms. The molecule has 1 aliphatic heterocycles. The zero-order valence-corrected chi connectivity index (χ0v) is 21.9. The Morgan fingerprint density at radius 1 is 1.00 bits per heavy atom. The van der Waals surface area contributed by atoms with E-state index >= 15 is 0 Å². The van der Waals surface area contributed by atoms with Crippen LogP contribution < -0.4 is 10.4 Å². The molecule has 0 spiro atoms. The lowest BCUT2D eigenvalue weighted by Crippen LogP contribution is -2.36. The van der Waals surface area contributed by atoms with Gasteiger partial charge in [0.2, 0.25) is 0 Å². The van der Waals surface area contributed by atoms with Crippen LogP contribution in [0.25, 0.3) is 22.1 Å². The molecule has 0 radical (unpaired) electrons. The molecule has 6 rings (SSSR count). The van der Waals surface area contributed by atoms with Crippen molar-refractivity contribution in [3.05, 3.63) is 76.5 Å². The van der Waals surface area contributed by atoms with Crippen LogP contribution in [0.3, 0.4) is 0 Å². The van der Waals surface area contributed by atoms with E-state index in [2.05, 4.69) is 65.7 Å². The highest BCUT2D eigenvalue weighted by Crippen LogP contribution is 2.24. The smallest absolute Gasteiger partial charge is 0.325 e. The second-order valence-electron chi connectivity index (χ2n) is 9.62. The summed E-state index contributed by atoms with van der Waals surface area (Å²) < 4.78 is 8.03. The monoisotopic (exact) mass is 534 g/mol. The minimum absolute atomic E-state index is 0. The van der Waals surface area contributed by atoms with E-state index in [0.29, 0.717) is 23.8 Å². The highest BCUT2D eigenvalue weighted by molar-refractivity contribution is 5.90. The second-order valence-corrected chi connectivity index (χ2v) is 9.62. The Hall–Kier alpha value is -3.76. The number of imidazole rings is 1. The molecule has 0 atom stereocenters. The molecule has 2 N–H and O–H groups in total. The summed E-state index contributed by atoms with van der Waals surface area (Å²) in [6.07, 6.45) is 4.80. The molecule has 0 aliphatic carbocycles. The van der Waals surface area contributed by atoms with Gasteiger partial charge in [-0.15, -0.1) is 17.5 Å². The summed E-state index contributed by atoms with van der Waals surface area (Å²) in [6, 6.07) is 18.7. The van der Waals surface area contributed by atoms with Crippen molar-refractivity contribution in [3.8, 4) is 5.75 Å². The van der Waals surface area contributed by atoms with Crippen molar-refractivity contribution in [2.24, 2.45) is 0 Å². The molecule has 0 bridgehead atoms. The lowest BCUT2D eigenvalue weighted by Gasteiger charge is -2.32. The molecular formula is C27H31ClN8O2. The van der Waals surface area contributed by atoms with Crippen molar-refractivity contribution in [1.82, 2.24) is 40.1 Å². The molecule has 4 heterocycles. The number of pyridine rings is 1. The number of hydrogen-bond donors (Lipinski definition) is 2. The SMILES string of the molecule is Cl.O=c1[nH]c2cc3cc(OCCCc4nnnn4C4CCN(CCc5ccccc5)CC4)ccc3nc2[nH]1. The van der Waals surface area contributed by atoms with Gasteiger partial charge in [-0.05, 0) is 65.9 Å². The predicted octanol–water partition coefficient (Wildman–Crippen LogP) is 3.70. The van der Waals surface area contributed by atoms with Crippen LogP contribution in [0, 0.1) is 0 Å². The number of hydrogen-bond acceptors (Lipinski definition) is 7. The first-order chi connectivity index (χ1) is 18.2. The van der Waals surface area contributed by atoms with Gasteiger partial charge in [-0.25, -0.2) is 14.5 Å². The fraction of sp³-hybridized carbons (Fsp3) is 0.370. The molecule has 5 aromatic rings. The number of halogens is 1. The predicted molar refractivity (Wildman–Crippen MR) is 148 cm³/mol. The van der Waals surface area contributed by atoms with Gasteiger partial charge in [0.15, 0.2) is 11.5 Å². The first-order valence-electron chi connectivity index (χ1n) is 12.9. The van der Waals surface area contributed by atoms with Crippen molar-refractivity contribution >= 4 is 34.5 Å². The third-order valence-corrected chi connectivity index (χ3v) is 7.10. The Kier molecular flexibility index (Phi) is 8.00. The van der Waals surface area contributed by atoms with Gasteiger partial charge in [0, 0.05) is 31.4 Å². The van der Waals surface area contributed by atoms with E-state index in [4.69, 9.17) is 4.74 Å². The van der Waals surface area contributed by atoms with Gasteiger partial charge in [0.1, 0.15) is 5.75 Å². The van der Waals surface area contributed by atoms with E-state index in [0.717, 1.165) is 74.2 Å². The summed E-state index contributed by atoms with van der Waals surface area (Å²) in [5.74, 6) is 1.70. The fourth-order valence-corrected chi connectivity index (χ4v) is 5.10. The van der Waals surface area contributed by atoms with Gasteiger partial charge in [0.05, 0.1) is 23.7 Å².